The Bertz CT molecular complexity index is 2470. The van der Waals surface area contributed by atoms with Gasteiger partial charge in [0.05, 0.1) is 23.7 Å². The number of piperazine rings is 1. The minimum Gasteiger partial charge on any atom is -0.489 e. The number of rotatable bonds is 9. The number of anilines is 2. The number of piperidine rings is 2. The van der Waals surface area contributed by atoms with Crippen LogP contribution in [-0.4, -0.2) is 90.4 Å². The van der Waals surface area contributed by atoms with Crippen molar-refractivity contribution >= 4 is 45.6 Å². The van der Waals surface area contributed by atoms with Crippen LogP contribution in [0.25, 0.3) is 15.6 Å². The maximum atomic E-state index is 13.6. The molecule has 13 nitrogen and oxygen atoms in total. The second kappa shape index (κ2) is 16.4. The highest BCUT2D eigenvalue weighted by Crippen LogP contribution is 2.56. The smallest absolute Gasteiger partial charge is 0.407 e. The van der Waals surface area contributed by atoms with Gasteiger partial charge in [-0.25, -0.2) is 9.53 Å². The lowest BCUT2D eigenvalue weighted by Gasteiger charge is -2.63. The predicted octanol–water partition coefficient (Wildman–Crippen LogP) is 6.59. The van der Waals surface area contributed by atoms with E-state index in [2.05, 4.69) is 35.3 Å². The number of carbonyl (C=O) groups excluding carboxylic acids is 3. The fourth-order valence-corrected chi connectivity index (χ4v) is 10.3. The maximum Gasteiger partial charge on any atom is 0.407 e. The molecule has 4 heterocycles. The number of hydrogen-bond acceptors (Lipinski definition) is 9. The second-order valence-corrected chi connectivity index (χ2v) is 18.2. The van der Waals surface area contributed by atoms with Crippen molar-refractivity contribution in [2.75, 3.05) is 55.6 Å². The normalized spacial score (nSPS) is 23.0. The summed E-state index contributed by atoms with van der Waals surface area (Å²) in [5.74, 6) is -0.462. The molecule has 1 atom stereocenters. The number of nitrogens with zero attached hydrogens (tertiary/aromatic N) is 6. The summed E-state index contributed by atoms with van der Waals surface area (Å²) in [5, 5.41) is 11.0. The molecule has 1 saturated carbocycles. The zero-order valence-corrected chi connectivity index (χ0v) is 35.3. The third kappa shape index (κ3) is 8.22. The molecule has 4 aromatic rings. The van der Waals surface area contributed by atoms with Crippen LogP contribution < -0.4 is 30.7 Å². The van der Waals surface area contributed by atoms with Crippen LogP contribution in [-0.2, 0) is 15.8 Å². The van der Waals surface area contributed by atoms with Crippen molar-refractivity contribution in [2.24, 2.45) is 16.7 Å². The number of carbonyl (C=O) groups is 3. The molecule has 4 fully saturated rings. The number of nitrogens with one attached hydrogen (secondary N) is 2. The molecule has 3 aliphatic heterocycles. The SMILES string of the molecule is [C-]#[N+]c1ccc(OC2C(C)(C)C(NC(=O)c3ccc(N4CCC(CN5CCN(c6ccc7c(=O)n([C@H]8CCC(=O)NC8=O)ncc7c6)CC5)CC4)cc3)C2(C)C)cc1C(F)(F)F. The number of alkyl halides is 3. The first-order valence-corrected chi connectivity index (χ1v) is 21.2. The van der Waals surface area contributed by atoms with Crippen LogP contribution in [0.3, 0.4) is 0 Å². The van der Waals surface area contributed by atoms with Crippen molar-refractivity contribution in [3.05, 3.63) is 99.8 Å². The Balaban J connectivity index is 0.797. The van der Waals surface area contributed by atoms with Gasteiger partial charge in [-0.1, -0.05) is 33.8 Å². The fourth-order valence-electron chi connectivity index (χ4n) is 10.3. The van der Waals surface area contributed by atoms with E-state index >= 15 is 0 Å². The van der Waals surface area contributed by atoms with Crippen LogP contribution in [0.4, 0.5) is 30.2 Å². The molecule has 3 saturated heterocycles. The van der Waals surface area contributed by atoms with Crippen LogP contribution in [0.15, 0.2) is 71.7 Å². The van der Waals surface area contributed by atoms with Crippen molar-refractivity contribution < 1.29 is 32.3 Å². The number of ether oxygens (including phenoxy) is 1. The Morgan fingerprint density at radius 3 is 2.19 bits per heavy atom. The lowest BCUT2D eigenvalue weighted by atomic mass is 9.49. The Labute approximate surface area is 358 Å². The minimum atomic E-state index is -4.68. The third-order valence-electron chi connectivity index (χ3n) is 13.4. The Morgan fingerprint density at radius 1 is 0.887 bits per heavy atom. The Hall–Kier alpha value is -5.95. The van der Waals surface area contributed by atoms with E-state index in [0.717, 1.165) is 82.2 Å². The molecule has 1 aliphatic carbocycles. The van der Waals surface area contributed by atoms with Crippen molar-refractivity contribution in [1.29, 1.82) is 0 Å². The van der Waals surface area contributed by atoms with Crippen molar-refractivity contribution in [1.82, 2.24) is 25.3 Å². The summed E-state index contributed by atoms with van der Waals surface area (Å²) in [4.78, 5) is 60.9. The Morgan fingerprint density at radius 2 is 1.55 bits per heavy atom. The number of fused-ring (bicyclic) bond motifs is 1. The van der Waals surface area contributed by atoms with Gasteiger partial charge < -0.3 is 19.9 Å². The van der Waals surface area contributed by atoms with Crippen molar-refractivity contribution in [3.63, 3.8) is 0 Å². The van der Waals surface area contributed by atoms with E-state index in [4.69, 9.17) is 11.3 Å². The van der Waals surface area contributed by atoms with Gasteiger partial charge in [0.15, 0.2) is 5.69 Å². The van der Waals surface area contributed by atoms with Gasteiger partial charge in [-0.3, -0.25) is 29.4 Å². The number of amides is 3. The van der Waals surface area contributed by atoms with Crippen LogP contribution in [0, 0.1) is 23.3 Å². The van der Waals surface area contributed by atoms with Gasteiger partial charge in [0, 0.05) is 91.4 Å². The van der Waals surface area contributed by atoms with E-state index in [-0.39, 0.29) is 42.0 Å². The topological polar surface area (TPSA) is 133 Å². The van der Waals surface area contributed by atoms with Crippen LogP contribution >= 0.6 is 0 Å². The first kappa shape index (κ1) is 42.7. The highest BCUT2D eigenvalue weighted by Gasteiger charge is 2.64. The maximum absolute atomic E-state index is 13.6. The summed E-state index contributed by atoms with van der Waals surface area (Å²) in [7, 11) is 0. The quantitative estimate of drug-likeness (QED) is 0.141. The first-order chi connectivity index (χ1) is 29.4. The highest BCUT2D eigenvalue weighted by atomic mass is 19.4. The zero-order chi connectivity index (χ0) is 44.1. The van der Waals surface area contributed by atoms with Gasteiger partial charge in [0.1, 0.15) is 17.9 Å². The van der Waals surface area contributed by atoms with Gasteiger partial charge in [-0.05, 0) is 79.8 Å². The first-order valence-electron chi connectivity index (χ1n) is 21.2. The average Bonchev–Trinajstić information content (AvgIpc) is 3.25. The molecule has 62 heavy (non-hydrogen) atoms. The van der Waals surface area contributed by atoms with E-state index in [1.54, 1.807) is 12.3 Å². The molecule has 0 unspecified atom stereocenters. The predicted molar refractivity (Wildman–Crippen MR) is 228 cm³/mol. The number of halogens is 3. The fraction of sp³-hybridized carbons (Fsp3) is 0.478. The second-order valence-electron chi connectivity index (χ2n) is 18.2. The molecule has 0 bridgehead atoms. The number of aromatic nitrogens is 2. The molecule has 2 N–H and O–H groups in total. The summed E-state index contributed by atoms with van der Waals surface area (Å²) < 4.78 is 48.2. The van der Waals surface area contributed by atoms with Gasteiger partial charge in [0.25, 0.3) is 17.4 Å². The highest BCUT2D eigenvalue weighted by molar-refractivity contribution is 5.99. The number of hydrogen-bond donors (Lipinski definition) is 2. The molecule has 0 spiro atoms. The molecular formula is C46H51F3N8O5. The number of benzene rings is 3. The van der Waals surface area contributed by atoms with Gasteiger partial charge in [0.2, 0.25) is 5.91 Å². The van der Waals surface area contributed by atoms with Crippen LogP contribution in [0.2, 0.25) is 0 Å². The van der Waals surface area contributed by atoms with E-state index in [1.807, 2.05) is 64.1 Å². The monoisotopic (exact) mass is 852 g/mol. The lowest BCUT2D eigenvalue weighted by Crippen LogP contribution is -2.74. The largest absolute Gasteiger partial charge is 0.489 e. The molecular weight excluding hydrogens is 802 g/mol. The van der Waals surface area contributed by atoms with E-state index in [0.29, 0.717) is 22.3 Å². The van der Waals surface area contributed by atoms with Crippen LogP contribution in [0.1, 0.15) is 75.3 Å². The Kier molecular flexibility index (Phi) is 11.3. The summed E-state index contributed by atoms with van der Waals surface area (Å²) in [6.45, 7) is 21.3. The van der Waals surface area contributed by atoms with E-state index < -0.39 is 46.3 Å². The minimum absolute atomic E-state index is 0.0308. The van der Waals surface area contributed by atoms with Gasteiger partial charge in [-0.2, -0.15) is 18.3 Å². The van der Waals surface area contributed by atoms with E-state index in [1.165, 1.54) is 10.7 Å². The van der Waals surface area contributed by atoms with Crippen molar-refractivity contribution in [3.8, 4) is 5.75 Å². The lowest BCUT2D eigenvalue weighted by molar-refractivity contribution is -0.164. The summed E-state index contributed by atoms with van der Waals surface area (Å²) in [5.41, 5.74) is -0.434. The molecule has 326 valence electrons. The summed E-state index contributed by atoms with van der Waals surface area (Å²) >= 11 is 0. The molecule has 16 heteroatoms. The van der Waals surface area contributed by atoms with Crippen molar-refractivity contribution in [2.45, 2.75) is 77.7 Å². The van der Waals surface area contributed by atoms with Gasteiger partial charge in [-0.15, -0.1) is 0 Å². The molecule has 8 rings (SSSR count). The standard InChI is InChI=1S/C46H51F3N8O5/c1-44(2)42(45(3,4)43(44)62-33-11-13-36(50-5)35(25-33)46(47,48)49)53-39(59)29-6-8-31(9-7-29)55-18-16-28(17-19-55)27-54-20-22-56(23-21-54)32-10-12-34-30(24-32)26-51-57(41(34)61)37-14-15-38(58)52-40(37)60/h6-13,24-26,28,37,42-43H,14-23,27H2,1-4H3,(H,53,59)(H,52,58,60)/t37-,42?,43?/m0/s1. The molecule has 3 amide bonds. The van der Waals surface area contributed by atoms with Crippen LogP contribution in [0.5, 0.6) is 5.75 Å². The summed E-state index contributed by atoms with van der Waals surface area (Å²) in [6, 6.07) is 15.7. The third-order valence-corrected chi connectivity index (χ3v) is 13.4. The molecule has 3 aromatic carbocycles. The van der Waals surface area contributed by atoms with E-state index in [9.17, 15) is 32.3 Å². The molecule has 0 radical (unpaired) electrons. The zero-order valence-electron chi connectivity index (χ0n) is 35.3. The number of imide groups is 1. The average molecular weight is 853 g/mol. The molecule has 4 aliphatic rings. The van der Waals surface area contributed by atoms with Gasteiger partial charge >= 0.3 is 6.18 Å². The molecule has 1 aromatic heterocycles. The summed E-state index contributed by atoms with van der Waals surface area (Å²) in [6.07, 6.45) is -1.02.